The van der Waals surface area contributed by atoms with Crippen LogP contribution in [0.1, 0.15) is 57.7 Å². The van der Waals surface area contributed by atoms with Crippen molar-refractivity contribution in [1.82, 2.24) is 19.7 Å². The van der Waals surface area contributed by atoms with E-state index in [0.29, 0.717) is 25.2 Å². The van der Waals surface area contributed by atoms with E-state index < -0.39 is 11.9 Å². The van der Waals surface area contributed by atoms with Crippen LogP contribution in [0.15, 0.2) is 18.2 Å². The van der Waals surface area contributed by atoms with Crippen LogP contribution in [0.5, 0.6) is 0 Å². The van der Waals surface area contributed by atoms with Crippen LogP contribution in [0.2, 0.25) is 0 Å². The first-order valence-electron chi connectivity index (χ1n) is 10.9. The fraction of sp³-hybridized carbons (Fsp3) is 0.545. The summed E-state index contributed by atoms with van der Waals surface area (Å²) in [6.07, 6.45) is 6.91. The third-order valence-electron chi connectivity index (χ3n) is 6.02. The molecular formula is C22H28FN5O2. The number of hydrogen-bond donors (Lipinski definition) is 1. The summed E-state index contributed by atoms with van der Waals surface area (Å²) in [6, 6.07) is 4.07. The van der Waals surface area contributed by atoms with E-state index in [1.165, 1.54) is 6.07 Å². The zero-order valence-corrected chi connectivity index (χ0v) is 17.4. The number of nitrogens with zero attached hydrogens (tertiary/aromatic N) is 4. The molecule has 1 aromatic carbocycles. The molecule has 0 spiro atoms. The quantitative estimate of drug-likeness (QED) is 0.831. The SMILES string of the molecule is CCC(=O)N1CCCCC1C(=O)Nc1cc(-c2nnc3n2CCCCC3)ccc1F. The van der Waals surface area contributed by atoms with Crippen molar-refractivity contribution >= 4 is 17.5 Å². The Bertz CT molecular complexity index is 942. The fourth-order valence-corrected chi connectivity index (χ4v) is 4.38. The van der Waals surface area contributed by atoms with Crippen molar-refractivity contribution in [2.75, 3.05) is 11.9 Å². The van der Waals surface area contributed by atoms with Gasteiger partial charge in [0.25, 0.3) is 0 Å². The second-order valence-electron chi connectivity index (χ2n) is 8.04. The molecule has 2 aromatic rings. The standard InChI is InChI=1S/C22H28FN5O2/c1-2-20(29)27-12-7-5-8-18(27)22(30)24-17-14-15(10-11-16(17)23)21-26-25-19-9-4-3-6-13-28(19)21/h10-11,14,18H,2-9,12-13H2,1H3,(H,24,30). The van der Waals surface area contributed by atoms with Gasteiger partial charge in [-0.25, -0.2) is 4.39 Å². The predicted molar refractivity (Wildman–Crippen MR) is 111 cm³/mol. The number of benzene rings is 1. The molecule has 1 N–H and O–H groups in total. The maximum absolute atomic E-state index is 14.5. The number of anilines is 1. The van der Waals surface area contributed by atoms with Crippen LogP contribution < -0.4 is 5.32 Å². The zero-order valence-electron chi connectivity index (χ0n) is 17.4. The van der Waals surface area contributed by atoms with E-state index in [2.05, 4.69) is 20.1 Å². The first-order valence-corrected chi connectivity index (χ1v) is 10.9. The van der Waals surface area contributed by atoms with Gasteiger partial charge in [-0.05, 0) is 50.3 Å². The summed E-state index contributed by atoms with van der Waals surface area (Å²) in [5.41, 5.74) is 0.829. The lowest BCUT2D eigenvalue weighted by atomic mass is 10.0. The molecule has 2 amide bonds. The molecular weight excluding hydrogens is 385 g/mol. The second-order valence-corrected chi connectivity index (χ2v) is 8.04. The van der Waals surface area contributed by atoms with E-state index in [4.69, 9.17) is 0 Å². The van der Waals surface area contributed by atoms with Gasteiger partial charge in [-0.3, -0.25) is 9.59 Å². The largest absolute Gasteiger partial charge is 0.331 e. The Labute approximate surface area is 175 Å². The van der Waals surface area contributed by atoms with Crippen molar-refractivity contribution in [3.05, 3.63) is 29.8 Å². The van der Waals surface area contributed by atoms with Crippen LogP contribution in [0.25, 0.3) is 11.4 Å². The number of carbonyl (C=O) groups excluding carboxylic acids is 2. The fourth-order valence-electron chi connectivity index (χ4n) is 4.38. The molecule has 1 unspecified atom stereocenters. The third-order valence-corrected chi connectivity index (χ3v) is 6.02. The highest BCUT2D eigenvalue weighted by Crippen LogP contribution is 2.27. The molecule has 30 heavy (non-hydrogen) atoms. The van der Waals surface area contributed by atoms with E-state index in [9.17, 15) is 14.0 Å². The van der Waals surface area contributed by atoms with Gasteiger partial charge >= 0.3 is 0 Å². The summed E-state index contributed by atoms with van der Waals surface area (Å²) >= 11 is 0. The number of piperidine rings is 1. The van der Waals surface area contributed by atoms with E-state index in [1.54, 1.807) is 24.0 Å². The Morgan fingerprint density at radius 2 is 1.97 bits per heavy atom. The van der Waals surface area contributed by atoms with E-state index in [0.717, 1.165) is 56.5 Å². The highest BCUT2D eigenvalue weighted by molar-refractivity contribution is 5.97. The molecule has 8 heteroatoms. The Kier molecular flexibility index (Phi) is 6.11. The van der Waals surface area contributed by atoms with Crippen molar-refractivity contribution in [1.29, 1.82) is 0 Å². The lowest BCUT2D eigenvalue weighted by molar-refractivity contribution is -0.140. The van der Waals surface area contributed by atoms with Crippen LogP contribution in [-0.2, 0) is 22.6 Å². The molecule has 1 aromatic heterocycles. The van der Waals surface area contributed by atoms with Gasteiger partial charge in [0, 0.05) is 31.5 Å². The van der Waals surface area contributed by atoms with E-state index >= 15 is 0 Å². The molecule has 0 radical (unpaired) electrons. The molecule has 3 heterocycles. The molecule has 7 nitrogen and oxygen atoms in total. The van der Waals surface area contributed by atoms with Crippen molar-refractivity contribution in [3.8, 4) is 11.4 Å². The molecule has 160 valence electrons. The van der Waals surface area contributed by atoms with Crippen LogP contribution >= 0.6 is 0 Å². The lowest BCUT2D eigenvalue weighted by Gasteiger charge is -2.34. The predicted octanol–water partition coefficient (Wildman–Crippen LogP) is 3.54. The summed E-state index contributed by atoms with van der Waals surface area (Å²) in [5.74, 6) is 0.755. The van der Waals surface area contributed by atoms with Gasteiger partial charge < -0.3 is 14.8 Å². The highest BCUT2D eigenvalue weighted by Gasteiger charge is 2.31. The average Bonchev–Trinajstić information content (AvgIpc) is 3.02. The van der Waals surface area contributed by atoms with Crippen molar-refractivity contribution in [2.24, 2.45) is 0 Å². The first-order chi connectivity index (χ1) is 14.6. The van der Waals surface area contributed by atoms with Crippen LogP contribution in [0.4, 0.5) is 10.1 Å². The minimum atomic E-state index is -0.557. The molecule has 0 bridgehead atoms. The summed E-state index contributed by atoms with van der Waals surface area (Å²) in [4.78, 5) is 26.8. The highest BCUT2D eigenvalue weighted by atomic mass is 19.1. The van der Waals surface area contributed by atoms with Crippen LogP contribution in [0, 0.1) is 5.82 Å². The number of halogens is 1. The van der Waals surface area contributed by atoms with Gasteiger partial charge in [-0.2, -0.15) is 0 Å². The number of carbonyl (C=O) groups is 2. The maximum Gasteiger partial charge on any atom is 0.247 e. The van der Waals surface area contributed by atoms with Gasteiger partial charge in [0.15, 0.2) is 5.82 Å². The smallest absolute Gasteiger partial charge is 0.247 e. The van der Waals surface area contributed by atoms with Gasteiger partial charge in [0.1, 0.15) is 17.7 Å². The van der Waals surface area contributed by atoms with Crippen molar-refractivity contribution < 1.29 is 14.0 Å². The number of fused-ring (bicyclic) bond motifs is 1. The molecule has 2 aliphatic heterocycles. The topological polar surface area (TPSA) is 80.1 Å². The lowest BCUT2D eigenvalue weighted by Crippen LogP contribution is -2.49. The number of nitrogens with one attached hydrogen (secondary N) is 1. The normalized spacial score (nSPS) is 19.1. The van der Waals surface area contributed by atoms with Crippen molar-refractivity contribution in [2.45, 2.75) is 70.9 Å². The number of amides is 2. The van der Waals surface area contributed by atoms with Gasteiger partial charge in [0.05, 0.1) is 5.69 Å². The summed E-state index contributed by atoms with van der Waals surface area (Å²) in [7, 11) is 0. The van der Waals surface area contributed by atoms with Crippen LogP contribution in [0.3, 0.4) is 0 Å². The monoisotopic (exact) mass is 413 g/mol. The van der Waals surface area contributed by atoms with Gasteiger partial charge in [-0.1, -0.05) is 13.3 Å². The Hall–Kier alpha value is -2.77. The molecule has 1 saturated heterocycles. The maximum atomic E-state index is 14.5. The number of aryl methyl sites for hydroxylation is 1. The third kappa shape index (κ3) is 4.08. The van der Waals surface area contributed by atoms with Gasteiger partial charge in [0.2, 0.25) is 11.8 Å². The molecule has 1 fully saturated rings. The molecule has 2 aliphatic rings. The van der Waals surface area contributed by atoms with Gasteiger partial charge in [-0.15, -0.1) is 10.2 Å². The summed E-state index contributed by atoms with van der Waals surface area (Å²) in [5, 5.41) is 11.3. The average molecular weight is 413 g/mol. The Morgan fingerprint density at radius 1 is 1.13 bits per heavy atom. The Balaban J connectivity index is 1.58. The first kappa shape index (κ1) is 20.5. The van der Waals surface area contributed by atoms with Crippen molar-refractivity contribution in [3.63, 3.8) is 0 Å². The summed E-state index contributed by atoms with van der Waals surface area (Å²) in [6.45, 7) is 3.20. The minimum absolute atomic E-state index is 0.0461. The zero-order chi connectivity index (χ0) is 21.1. The second kappa shape index (κ2) is 8.93. The Morgan fingerprint density at radius 3 is 2.80 bits per heavy atom. The van der Waals surface area contributed by atoms with E-state index in [-0.39, 0.29) is 17.5 Å². The molecule has 1 atom stereocenters. The molecule has 4 rings (SSSR count). The van der Waals surface area contributed by atoms with E-state index in [1.807, 2.05) is 0 Å². The minimum Gasteiger partial charge on any atom is -0.331 e. The molecule has 0 aliphatic carbocycles. The molecule has 0 saturated carbocycles. The number of likely N-dealkylation sites (tertiary alicyclic amines) is 1. The summed E-state index contributed by atoms with van der Waals surface area (Å²) < 4.78 is 16.6. The number of rotatable bonds is 4. The number of hydrogen-bond acceptors (Lipinski definition) is 4. The number of aromatic nitrogens is 3. The van der Waals surface area contributed by atoms with Crippen LogP contribution in [-0.4, -0.2) is 44.1 Å².